The highest BCUT2D eigenvalue weighted by Gasteiger charge is 2.19. The van der Waals surface area contributed by atoms with Crippen molar-refractivity contribution >= 4 is 14.6 Å². The summed E-state index contributed by atoms with van der Waals surface area (Å²) in [5.41, 5.74) is 2.65. The number of carbonyl (C=O) groups excluding carboxylic acids is 1. The highest BCUT2D eigenvalue weighted by molar-refractivity contribution is 6.69. The van der Waals surface area contributed by atoms with E-state index in [9.17, 15) is 4.79 Å². The minimum Gasteiger partial charge on any atom is -0.414 e. The maximum Gasteiger partial charge on any atom is 0.184 e. The molecule has 118 valence electrons. The van der Waals surface area contributed by atoms with E-state index in [1.807, 2.05) is 18.2 Å². The van der Waals surface area contributed by atoms with Gasteiger partial charge >= 0.3 is 0 Å². The molecule has 3 heteroatoms. The van der Waals surface area contributed by atoms with E-state index in [1.165, 1.54) is 11.1 Å². The van der Waals surface area contributed by atoms with Crippen LogP contribution in [-0.2, 0) is 9.22 Å². The molecule has 0 heterocycles. The molecule has 21 heavy (non-hydrogen) atoms. The molecule has 0 aliphatic carbocycles. The second kappa shape index (κ2) is 10.5. The van der Waals surface area contributed by atoms with E-state index in [0.717, 1.165) is 25.5 Å². The third-order valence-electron chi connectivity index (χ3n) is 2.82. The van der Waals surface area contributed by atoms with E-state index in [4.69, 9.17) is 4.43 Å². The van der Waals surface area contributed by atoms with Gasteiger partial charge in [-0.05, 0) is 58.8 Å². The molecule has 0 unspecified atom stereocenters. The van der Waals surface area contributed by atoms with Gasteiger partial charge in [0.25, 0.3) is 0 Å². The molecule has 0 spiro atoms. The summed E-state index contributed by atoms with van der Waals surface area (Å²) in [4.78, 5) is 10.4. The zero-order valence-electron chi connectivity index (χ0n) is 14.2. The molecule has 0 bridgehead atoms. The summed E-state index contributed by atoms with van der Waals surface area (Å²) in [6.07, 6.45) is 13.2. The lowest BCUT2D eigenvalue weighted by Gasteiger charge is -2.25. The van der Waals surface area contributed by atoms with Gasteiger partial charge in [0.1, 0.15) is 6.29 Å². The predicted octanol–water partition coefficient (Wildman–Crippen LogP) is 5.21. The lowest BCUT2D eigenvalue weighted by Crippen LogP contribution is -2.31. The van der Waals surface area contributed by atoms with E-state index < -0.39 is 8.32 Å². The van der Waals surface area contributed by atoms with E-state index in [2.05, 4.69) is 46.1 Å². The Morgan fingerprint density at radius 1 is 1.19 bits per heavy atom. The molecule has 0 aliphatic heterocycles. The maximum atomic E-state index is 10.4. The summed E-state index contributed by atoms with van der Waals surface area (Å²) in [5, 5.41) is 0. The number of carbonyl (C=O) groups is 1. The van der Waals surface area contributed by atoms with Gasteiger partial charge in [-0.15, -0.1) is 0 Å². The van der Waals surface area contributed by atoms with Gasteiger partial charge in [0, 0.05) is 0 Å². The first-order valence-electron chi connectivity index (χ1n) is 7.50. The fourth-order valence-electron chi connectivity index (χ4n) is 2.08. The highest BCUT2D eigenvalue weighted by atomic mass is 28.4. The Labute approximate surface area is 131 Å². The molecule has 0 radical (unpaired) electrons. The number of aldehydes is 1. The molecule has 0 saturated heterocycles. The Kier molecular flexibility index (Phi) is 9.92. The Morgan fingerprint density at radius 3 is 2.38 bits per heavy atom. The molecule has 0 N–H and O–H groups in total. The van der Waals surface area contributed by atoms with Gasteiger partial charge in [0.15, 0.2) is 8.32 Å². The summed E-state index contributed by atoms with van der Waals surface area (Å²) >= 11 is 0. The van der Waals surface area contributed by atoms with Crippen LogP contribution >= 0.6 is 0 Å². The molecular weight excluding hydrogens is 276 g/mol. The normalized spacial score (nSPS) is 15.3. The van der Waals surface area contributed by atoms with Gasteiger partial charge in [-0.3, -0.25) is 4.79 Å². The zero-order valence-corrected chi connectivity index (χ0v) is 15.2. The first kappa shape index (κ1) is 19.8. The summed E-state index contributed by atoms with van der Waals surface area (Å²) in [6.45, 7) is 14.6. The van der Waals surface area contributed by atoms with Crippen molar-refractivity contribution in [2.45, 2.75) is 58.9 Å². The van der Waals surface area contributed by atoms with Crippen LogP contribution in [0.4, 0.5) is 0 Å². The van der Waals surface area contributed by atoms with Crippen LogP contribution in [-0.4, -0.2) is 20.7 Å². The van der Waals surface area contributed by atoms with Gasteiger partial charge in [0.05, 0.1) is 6.10 Å². The maximum absolute atomic E-state index is 10.4. The lowest BCUT2D eigenvalue weighted by atomic mass is 10.0. The standard InChI is InChI=1S/C18H30O2Si/c1-7-10-16(2)15-17(3)12-13-18(11-8-9-14-19)20-21(4,5)6/h7-10,12,14,18H,1,11,13,15H2,2-6H3/b9-8+,16-10+,17-12+/t18-/m1/s1. The first-order chi connectivity index (χ1) is 9.78. The number of allylic oxidation sites excluding steroid dienone is 5. The second-order valence-electron chi connectivity index (χ2n) is 6.36. The molecule has 0 aromatic carbocycles. The van der Waals surface area contributed by atoms with E-state index in [0.29, 0.717) is 0 Å². The van der Waals surface area contributed by atoms with Crippen LogP contribution in [0.15, 0.2) is 48.1 Å². The van der Waals surface area contributed by atoms with Crippen molar-refractivity contribution in [2.75, 3.05) is 0 Å². The quantitative estimate of drug-likeness (QED) is 0.182. The average molecular weight is 307 g/mol. The molecule has 0 aliphatic rings. The summed E-state index contributed by atoms with van der Waals surface area (Å²) < 4.78 is 6.18. The average Bonchev–Trinajstić information content (AvgIpc) is 2.34. The third kappa shape index (κ3) is 12.3. The van der Waals surface area contributed by atoms with Crippen LogP contribution in [0.25, 0.3) is 0 Å². The van der Waals surface area contributed by atoms with Gasteiger partial charge in [0.2, 0.25) is 0 Å². The fraction of sp³-hybridized carbons (Fsp3) is 0.500. The zero-order chi connectivity index (χ0) is 16.3. The summed E-state index contributed by atoms with van der Waals surface area (Å²) in [7, 11) is -1.57. The van der Waals surface area contributed by atoms with Crippen LogP contribution in [0, 0.1) is 0 Å². The summed E-state index contributed by atoms with van der Waals surface area (Å²) in [5.74, 6) is 0. The minimum absolute atomic E-state index is 0.159. The van der Waals surface area contributed by atoms with Crippen LogP contribution in [0.5, 0.6) is 0 Å². The molecule has 0 saturated carbocycles. The molecule has 0 rings (SSSR count). The molecular formula is C18H30O2Si. The highest BCUT2D eigenvalue weighted by Crippen LogP contribution is 2.17. The van der Waals surface area contributed by atoms with Crippen molar-refractivity contribution in [3.63, 3.8) is 0 Å². The van der Waals surface area contributed by atoms with Gasteiger partial charge in [-0.2, -0.15) is 0 Å². The van der Waals surface area contributed by atoms with Gasteiger partial charge in [-0.1, -0.05) is 42.0 Å². The van der Waals surface area contributed by atoms with Crippen molar-refractivity contribution in [1.29, 1.82) is 0 Å². The molecule has 1 atom stereocenters. The van der Waals surface area contributed by atoms with Crippen LogP contribution in [0.3, 0.4) is 0 Å². The van der Waals surface area contributed by atoms with Crippen molar-refractivity contribution in [3.8, 4) is 0 Å². The topological polar surface area (TPSA) is 26.3 Å². The first-order valence-corrected chi connectivity index (χ1v) is 10.9. The van der Waals surface area contributed by atoms with Crippen LogP contribution in [0.1, 0.15) is 33.1 Å². The van der Waals surface area contributed by atoms with Gasteiger partial charge in [-0.25, -0.2) is 0 Å². The number of hydrogen-bond acceptors (Lipinski definition) is 2. The van der Waals surface area contributed by atoms with Crippen molar-refractivity contribution < 1.29 is 9.22 Å². The number of rotatable bonds is 10. The lowest BCUT2D eigenvalue weighted by molar-refractivity contribution is -0.104. The van der Waals surface area contributed by atoms with Crippen molar-refractivity contribution in [3.05, 3.63) is 48.1 Å². The van der Waals surface area contributed by atoms with E-state index in [1.54, 1.807) is 6.08 Å². The Morgan fingerprint density at radius 2 is 1.86 bits per heavy atom. The molecule has 2 nitrogen and oxygen atoms in total. The van der Waals surface area contributed by atoms with Crippen LogP contribution in [0.2, 0.25) is 19.6 Å². The summed E-state index contributed by atoms with van der Waals surface area (Å²) in [6, 6.07) is 0. The monoisotopic (exact) mass is 306 g/mol. The Hall–Kier alpha value is -1.19. The minimum atomic E-state index is -1.57. The molecule has 0 aromatic rings. The predicted molar refractivity (Wildman–Crippen MR) is 95.0 cm³/mol. The van der Waals surface area contributed by atoms with Crippen molar-refractivity contribution in [1.82, 2.24) is 0 Å². The molecule has 0 fully saturated rings. The Bertz CT molecular complexity index is 411. The van der Waals surface area contributed by atoms with Crippen molar-refractivity contribution in [2.24, 2.45) is 0 Å². The van der Waals surface area contributed by atoms with Gasteiger partial charge < -0.3 is 4.43 Å². The SMILES string of the molecule is C=C/C=C(\C)C/C(C)=C/C[C@@H](C/C=C/C=O)O[Si](C)(C)C. The smallest absolute Gasteiger partial charge is 0.184 e. The van der Waals surface area contributed by atoms with Crippen LogP contribution < -0.4 is 0 Å². The number of hydrogen-bond donors (Lipinski definition) is 0. The molecule has 0 aromatic heterocycles. The second-order valence-corrected chi connectivity index (χ2v) is 10.8. The Balaban J connectivity index is 4.64. The van der Waals surface area contributed by atoms with E-state index >= 15 is 0 Å². The third-order valence-corrected chi connectivity index (χ3v) is 3.86. The van der Waals surface area contributed by atoms with E-state index in [-0.39, 0.29) is 6.10 Å². The fourth-order valence-corrected chi connectivity index (χ4v) is 3.28. The molecule has 0 amide bonds. The largest absolute Gasteiger partial charge is 0.414 e.